The number of ether oxygens (including phenoxy) is 2. The zero-order chi connectivity index (χ0) is 25.3. The molecule has 34 heavy (non-hydrogen) atoms. The van der Waals surface area contributed by atoms with Gasteiger partial charge in [-0.25, -0.2) is 9.18 Å². The van der Waals surface area contributed by atoms with Gasteiger partial charge in [0.1, 0.15) is 5.82 Å². The largest absolute Gasteiger partial charge is 0.513 e. The van der Waals surface area contributed by atoms with Crippen LogP contribution in [0.2, 0.25) is 18.1 Å². The molecule has 0 aliphatic heterocycles. The third kappa shape index (κ3) is 5.86. The first-order valence-electron chi connectivity index (χ1n) is 12.2. The summed E-state index contributed by atoms with van der Waals surface area (Å²) in [6, 6.07) is 6.29. The molecular weight excluding hydrogens is 449 g/mol. The van der Waals surface area contributed by atoms with Gasteiger partial charge in [0.15, 0.2) is 14.1 Å². The van der Waals surface area contributed by atoms with Crippen LogP contribution in [0.1, 0.15) is 83.2 Å². The molecular formula is C27H38FNO4Si. The van der Waals surface area contributed by atoms with Gasteiger partial charge in [-0.3, -0.25) is 4.98 Å². The Hall–Kier alpha value is -2.25. The summed E-state index contributed by atoms with van der Waals surface area (Å²) in [7, 11) is -2.08. The Morgan fingerprint density at radius 1 is 1.18 bits per heavy atom. The lowest BCUT2D eigenvalue weighted by Crippen LogP contribution is -2.40. The fourth-order valence-corrected chi connectivity index (χ4v) is 4.54. The molecule has 1 aromatic heterocycles. The van der Waals surface area contributed by atoms with E-state index in [4.69, 9.17) is 18.9 Å². The number of carbonyl (C=O) groups excluding carboxylic acids is 1. The summed E-state index contributed by atoms with van der Waals surface area (Å²) in [6.45, 7) is 17.4. The van der Waals surface area contributed by atoms with E-state index in [1.54, 1.807) is 19.1 Å². The predicted octanol–water partition coefficient (Wildman–Crippen LogP) is 7.95. The standard InChI is InChI=1S/C27H38FNO4Si/c1-9-31-26(30)33-25-22(18-12-14-20(28)15-13-18)21(16-32-34(7,8)27(4,5)6)24(19-10-11-19)29-23(25)17(2)3/h12-15,17,19H,9-11,16H2,1-8H3. The van der Waals surface area contributed by atoms with E-state index in [1.165, 1.54) is 12.1 Å². The van der Waals surface area contributed by atoms with Gasteiger partial charge in [-0.15, -0.1) is 0 Å². The molecule has 0 bridgehead atoms. The molecule has 1 aromatic carbocycles. The van der Waals surface area contributed by atoms with Gasteiger partial charge < -0.3 is 13.9 Å². The van der Waals surface area contributed by atoms with Gasteiger partial charge in [0.05, 0.1) is 24.6 Å². The molecule has 0 unspecified atom stereocenters. The van der Waals surface area contributed by atoms with Gasteiger partial charge in [0.2, 0.25) is 0 Å². The summed E-state index contributed by atoms with van der Waals surface area (Å²) in [5.74, 6) is 0.414. The zero-order valence-corrected chi connectivity index (χ0v) is 22.8. The number of halogens is 1. The molecule has 0 atom stereocenters. The van der Waals surface area contributed by atoms with Crippen LogP contribution in [0.15, 0.2) is 24.3 Å². The van der Waals surface area contributed by atoms with Crippen molar-refractivity contribution in [2.45, 2.75) is 91.0 Å². The molecule has 1 aliphatic carbocycles. The molecule has 0 saturated heterocycles. The van der Waals surface area contributed by atoms with Crippen LogP contribution in [0.25, 0.3) is 11.1 Å². The number of carbonyl (C=O) groups is 1. The number of hydrogen-bond donors (Lipinski definition) is 0. The quantitative estimate of drug-likeness (QED) is 0.279. The van der Waals surface area contributed by atoms with Crippen LogP contribution in [0, 0.1) is 5.82 Å². The third-order valence-corrected chi connectivity index (χ3v) is 11.3. The molecule has 2 aromatic rings. The average Bonchev–Trinajstić information content (AvgIpc) is 3.57. The van der Waals surface area contributed by atoms with Crippen molar-refractivity contribution in [1.29, 1.82) is 0 Å². The Labute approximate surface area is 204 Å². The number of hydrogen-bond acceptors (Lipinski definition) is 5. The lowest BCUT2D eigenvalue weighted by Gasteiger charge is -2.36. The second kappa shape index (κ2) is 10.2. The van der Waals surface area contributed by atoms with Crippen LogP contribution in [0.5, 0.6) is 5.75 Å². The van der Waals surface area contributed by atoms with Gasteiger partial charge in [-0.2, -0.15) is 0 Å². The average molecular weight is 488 g/mol. The van der Waals surface area contributed by atoms with Crippen LogP contribution in [-0.2, 0) is 15.8 Å². The van der Waals surface area contributed by atoms with Crippen molar-refractivity contribution < 1.29 is 23.1 Å². The summed E-state index contributed by atoms with van der Waals surface area (Å²) in [4.78, 5) is 17.5. The SMILES string of the molecule is CCOC(=O)Oc1c(C(C)C)nc(C2CC2)c(CO[Si](C)(C)C(C)(C)C)c1-c1ccc(F)cc1. The molecule has 3 rings (SSSR count). The summed E-state index contributed by atoms with van der Waals surface area (Å²) in [5.41, 5.74) is 4.12. The van der Waals surface area contributed by atoms with Gasteiger partial charge in [-0.1, -0.05) is 46.8 Å². The van der Waals surface area contributed by atoms with Crippen molar-refractivity contribution in [3.8, 4) is 16.9 Å². The topological polar surface area (TPSA) is 57.7 Å². The van der Waals surface area contributed by atoms with Gasteiger partial charge in [-0.05, 0) is 61.5 Å². The highest BCUT2D eigenvalue weighted by atomic mass is 28.4. The van der Waals surface area contributed by atoms with Gasteiger partial charge >= 0.3 is 6.16 Å². The molecule has 1 fully saturated rings. The van der Waals surface area contributed by atoms with E-state index in [0.717, 1.165) is 35.2 Å². The molecule has 1 aliphatic rings. The highest BCUT2D eigenvalue weighted by Gasteiger charge is 2.39. The number of nitrogens with zero attached hydrogens (tertiary/aromatic N) is 1. The normalized spacial score (nSPS) is 14.4. The van der Waals surface area contributed by atoms with Crippen molar-refractivity contribution in [3.63, 3.8) is 0 Å². The van der Waals surface area contributed by atoms with Crippen LogP contribution in [-0.4, -0.2) is 26.1 Å². The minimum absolute atomic E-state index is 0.0106. The van der Waals surface area contributed by atoms with Crippen LogP contribution in [0.4, 0.5) is 9.18 Å². The van der Waals surface area contributed by atoms with Crippen molar-refractivity contribution in [2.24, 2.45) is 0 Å². The molecule has 0 radical (unpaired) electrons. The smallest absolute Gasteiger partial charge is 0.434 e. The Morgan fingerprint density at radius 3 is 2.29 bits per heavy atom. The Bertz CT molecular complexity index is 1020. The van der Waals surface area contributed by atoms with E-state index < -0.39 is 14.5 Å². The first-order valence-corrected chi connectivity index (χ1v) is 15.1. The second-order valence-corrected chi connectivity index (χ2v) is 15.6. The van der Waals surface area contributed by atoms with E-state index >= 15 is 0 Å². The van der Waals surface area contributed by atoms with Gasteiger partial charge in [0, 0.05) is 17.0 Å². The highest BCUT2D eigenvalue weighted by molar-refractivity contribution is 6.74. The molecule has 1 heterocycles. The molecule has 186 valence electrons. The summed E-state index contributed by atoms with van der Waals surface area (Å²) in [6.07, 6.45) is 1.36. The monoisotopic (exact) mass is 487 g/mol. The highest BCUT2D eigenvalue weighted by Crippen LogP contribution is 2.48. The molecule has 1 saturated carbocycles. The minimum atomic E-state index is -2.08. The lowest BCUT2D eigenvalue weighted by molar-refractivity contribution is 0.104. The minimum Gasteiger partial charge on any atom is -0.434 e. The fraction of sp³-hybridized carbons (Fsp3) is 0.556. The summed E-state index contributed by atoms with van der Waals surface area (Å²) < 4.78 is 31.4. The fourth-order valence-electron chi connectivity index (χ4n) is 3.60. The number of benzene rings is 1. The summed E-state index contributed by atoms with van der Waals surface area (Å²) >= 11 is 0. The lowest BCUT2D eigenvalue weighted by atomic mass is 9.93. The van der Waals surface area contributed by atoms with Crippen molar-refractivity contribution in [1.82, 2.24) is 4.98 Å². The van der Waals surface area contributed by atoms with Crippen molar-refractivity contribution in [2.75, 3.05) is 6.61 Å². The Kier molecular flexibility index (Phi) is 7.88. The first kappa shape index (κ1) is 26.4. The second-order valence-electron chi connectivity index (χ2n) is 10.8. The predicted molar refractivity (Wildman–Crippen MR) is 135 cm³/mol. The maximum atomic E-state index is 13.8. The maximum Gasteiger partial charge on any atom is 0.513 e. The Balaban J connectivity index is 2.25. The molecule has 0 spiro atoms. The number of aromatic nitrogens is 1. The molecule has 0 amide bonds. The first-order chi connectivity index (χ1) is 15.9. The maximum absolute atomic E-state index is 13.8. The molecule has 0 N–H and O–H groups in total. The number of rotatable bonds is 8. The van der Waals surface area contributed by atoms with Crippen LogP contribution in [0.3, 0.4) is 0 Å². The van der Waals surface area contributed by atoms with E-state index in [9.17, 15) is 9.18 Å². The van der Waals surface area contributed by atoms with E-state index in [2.05, 4.69) is 33.9 Å². The summed E-state index contributed by atoms with van der Waals surface area (Å²) in [5, 5.41) is 0.0400. The Morgan fingerprint density at radius 2 is 1.79 bits per heavy atom. The van der Waals surface area contributed by atoms with E-state index in [0.29, 0.717) is 24.0 Å². The van der Waals surface area contributed by atoms with Crippen molar-refractivity contribution >= 4 is 14.5 Å². The van der Waals surface area contributed by atoms with E-state index in [1.807, 2.05) is 13.8 Å². The zero-order valence-electron chi connectivity index (χ0n) is 21.8. The van der Waals surface area contributed by atoms with Crippen LogP contribution >= 0.6 is 0 Å². The number of pyridine rings is 1. The third-order valence-electron chi connectivity index (χ3n) is 6.79. The molecule has 7 heteroatoms. The van der Waals surface area contributed by atoms with Gasteiger partial charge in [0.25, 0.3) is 0 Å². The van der Waals surface area contributed by atoms with Crippen molar-refractivity contribution in [3.05, 3.63) is 47.0 Å². The van der Waals surface area contributed by atoms with E-state index in [-0.39, 0.29) is 23.4 Å². The van der Waals surface area contributed by atoms with Crippen LogP contribution < -0.4 is 4.74 Å². The molecule has 5 nitrogen and oxygen atoms in total.